The van der Waals surface area contributed by atoms with Crippen LogP contribution in [0.2, 0.25) is 0 Å². The van der Waals surface area contributed by atoms with Crippen LogP contribution in [-0.2, 0) is 0 Å². The van der Waals surface area contributed by atoms with Gasteiger partial charge < -0.3 is 5.73 Å². The van der Waals surface area contributed by atoms with Crippen LogP contribution in [-0.4, -0.2) is 27.5 Å². The number of nitrogens with one attached hydrogen (secondary N) is 2. The second-order valence-electron chi connectivity index (χ2n) is 3.15. The highest BCUT2D eigenvalue weighted by Crippen LogP contribution is 1.94. The zero-order valence-corrected chi connectivity index (χ0v) is 11.3. The third-order valence-electron chi connectivity index (χ3n) is 1.58. The van der Waals surface area contributed by atoms with Crippen LogP contribution in [0.1, 0.15) is 18.3 Å². The monoisotopic (exact) mass is 280 g/mol. The first kappa shape index (κ1) is 14.1. The quantitative estimate of drug-likeness (QED) is 0.423. The SMILES string of the molecule is CC(=S)N/N=C/c1cccc(/C=N/NC(N)=S)n1. The van der Waals surface area contributed by atoms with Gasteiger partial charge in [-0.1, -0.05) is 18.3 Å². The van der Waals surface area contributed by atoms with Crippen molar-refractivity contribution in [2.75, 3.05) is 0 Å². The minimum atomic E-state index is 0.102. The van der Waals surface area contributed by atoms with Crippen molar-refractivity contribution >= 4 is 47.0 Å². The maximum absolute atomic E-state index is 5.23. The molecular formula is C10H12N6S2. The number of hydrazone groups is 2. The number of thiocarbonyl (C=S) groups is 2. The number of nitrogens with zero attached hydrogens (tertiary/aromatic N) is 3. The van der Waals surface area contributed by atoms with Gasteiger partial charge in [-0.2, -0.15) is 10.2 Å². The van der Waals surface area contributed by atoms with E-state index in [0.29, 0.717) is 16.4 Å². The van der Waals surface area contributed by atoms with Gasteiger partial charge in [0.05, 0.1) is 28.8 Å². The van der Waals surface area contributed by atoms with E-state index in [2.05, 4.69) is 38.3 Å². The molecule has 1 heterocycles. The van der Waals surface area contributed by atoms with Crippen molar-refractivity contribution in [1.82, 2.24) is 15.8 Å². The van der Waals surface area contributed by atoms with Gasteiger partial charge in [-0.25, -0.2) is 4.98 Å². The molecule has 0 atom stereocenters. The molecule has 0 amide bonds. The molecule has 0 saturated heterocycles. The summed E-state index contributed by atoms with van der Waals surface area (Å²) in [6, 6.07) is 5.43. The molecule has 8 heteroatoms. The maximum atomic E-state index is 5.23. The fourth-order valence-corrected chi connectivity index (χ4v) is 1.07. The van der Waals surface area contributed by atoms with E-state index >= 15 is 0 Å². The largest absolute Gasteiger partial charge is 0.375 e. The Labute approximate surface area is 115 Å². The molecular weight excluding hydrogens is 268 g/mol. The van der Waals surface area contributed by atoms with Crippen molar-refractivity contribution in [3.05, 3.63) is 29.6 Å². The van der Waals surface area contributed by atoms with Crippen molar-refractivity contribution < 1.29 is 0 Å². The lowest BCUT2D eigenvalue weighted by Crippen LogP contribution is -2.24. The van der Waals surface area contributed by atoms with E-state index in [-0.39, 0.29) is 5.11 Å². The van der Waals surface area contributed by atoms with Crippen molar-refractivity contribution in [1.29, 1.82) is 0 Å². The van der Waals surface area contributed by atoms with Gasteiger partial charge in [0, 0.05) is 0 Å². The lowest BCUT2D eigenvalue weighted by molar-refractivity contribution is 1.04. The number of aromatic nitrogens is 1. The second-order valence-corrected chi connectivity index (χ2v) is 4.20. The van der Waals surface area contributed by atoms with E-state index in [1.807, 2.05) is 12.1 Å². The molecule has 94 valence electrons. The molecule has 6 nitrogen and oxygen atoms in total. The standard InChI is InChI=1S/C10H12N6S2/c1-7(17)15-12-5-8-3-2-4-9(14-8)6-13-16-10(11)18/h2-6H,1H3,(H,15,17)(H3,11,16,18)/b12-5+,13-6+. The molecule has 0 aliphatic heterocycles. The van der Waals surface area contributed by atoms with Gasteiger partial charge in [0.2, 0.25) is 0 Å². The average molecular weight is 280 g/mol. The maximum Gasteiger partial charge on any atom is 0.184 e. The number of rotatable bonds is 4. The molecule has 1 rings (SSSR count). The highest BCUT2D eigenvalue weighted by molar-refractivity contribution is 7.80. The highest BCUT2D eigenvalue weighted by atomic mass is 32.1. The molecule has 0 fully saturated rings. The Balaban J connectivity index is 2.67. The Kier molecular flexibility index (Phi) is 5.81. The van der Waals surface area contributed by atoms with Crippen LogP contribution in [0.25, 0.3) is 0 Å². The molecule has 0 aliphatic carbocycles. The predicted octanol–water partition coefficient (Wildman–Crippen LogP) is 0.520. The summed E-state index contributed by atoms with van der Waals surface area (Å²) in [6.07, 6.45) is 3.07. The van der Waals surface area contributed by atoms with Gasteiger partial charge in [-0.15, -0.1) is 0 Å². The van der Waals surface area contributed by atoms with Crippen LogP contribution in [0, 0.1) is 0 Å². The summed E-state index contributed by atoms with van der Waals surface area (Å²) in [4.78, 5) is 4.85. The van der Waals surface area contributed by atoms with Crippen LogP contribution >= 0.6 is 24.4 Å². The van der Waals surface area contributed by atoms with E-state index in [4.69, 9.17) is 18.0 Å². The van der Waals surface area contributed by atoms with E-state index in [0.717, 1.165) is 0 Å². The lowest BCUT2D eigenvalue weighted by atomic mass is 10.3. The number of nitrogens with two attached hydrogens (primary N) is 1. The van der Waals surface area contributed by atoms with Crippen LogP contribution in [0.5, 0.6) is 0 Å². The smallest absolute Gasteiger partial charge is 0.184 e. The molecule has 0 bridgehead atoms. The third kappa shape index (κ3) is 5.97. The van der Waals surface area contributed by atoms with Crippen LogP contribution < -0.4 is 16.6 Å². The third-order valence-corrected chi connectivity index (χ3v) is 1.77. The fraction of sp³-hybridized carbons (Fsp3) is 0.100. The summed E-state index contributed by atoms with van der Waals surface area (Å²) in [5, 5.41) is 7.82. The van der Waals surface area contributed by atoms with Gasteiger partial charge >= 0.3 is 0 Å². The minimum Gasteiger partial charge on any atom is -0.375 e. The van der Waals surface area contributed by atoms with Gasteiger partial charge in [0.15, 0.2) is 5.11 Å². The van der Waals surface area contributed by atoms with Crippen LogP contribution in [0.15, 0.2) is 28.4 Å². The molecule has 0 spiro atoms. The van der Waals surface area contributed by atoms with E-state index in [9.17, 15) is 0 Å². The Morgan fingerprint density at radius 2 is 1.78 bits per heavy atom. The Morgan fingerprint density at radius 1 is 1.22 bits per heavy atom. The van der Waals surface area contributed by atoms with Crippen molar-refractivity contribution in [3.63, 3.8) is 0 Å². The fourth-order valence-electron chi connectivity index (χ4n) is 0.964. The van der Waals surface area contributed by atoms with Crippen molar-refractivity contribution in [2.24, 2.45) is 15.9 Å². The molecule has 0 aromatic carbocycles. The molecule has 0 radical (unpaired) electrons. The summed E-state index contributed by atoms with van der Waals surface area (Å²) < 4.78 is 0. The lowest BCUT2D eigenvalue weighted by Gasteiger charge is -1.97. The van der Waals surface area contributed by atoms with E-state index < -0.39 is 0 Å². The zero-order valence-electron chi connectivity index (χ0n) is 9.62. The molecule has 0 saturated carbocycles. The number of hydrogen-bond donors (Lipinski definition) is 3. The van der Waals surface area contributed by atoms with Crippen LogP contribution in [0.3, 0.4) is 0 Å². The van der Waals surface area contributed by atoms with E-state index in [1.165, 1.54) is 6.21 Å². The first-order chi connectivity index (χ1) is 8.58. The van der Waals surface area contributed by atoms with Gasteiger partial charge in [-0.3, -0.25) is 10.9 Å². The summed E-state index contributed by atoms with van der Waals surface area (Å²) in [5.41, 5.74) is 11.7. The van der Waals surface area contributed by atoms with Gasteiger partial charge in [0.1, 0.15) is 0 Å². The normalized spacial score (nSPS) is 10.7. The predicted molar refractivity (Wildman–Crippen MR) is 80.8 cm³/mol. The number of hydrogen-bond acceptors (Lipinski definition) is 5. The molecule has 4 N–H and O–H groups in total. The average Bonchev–Trinajstić information content (AvgIpc) is 2.28. The highest BCUT2D eigenvalue weighted by Gasteiger charge is 1.92. The second kappa shape index (κ2) is 7.41. The van der Waals surface area contributed by atoms with Crippen LogP contribution in [0.4, 0.5) is 0 Å². The molecule has 1 aromatic heterocycles. The Morgan fingerprint density at radius 3 is 2.28 bits per heavy atom. The summed E-state index contributed by atoms with van der Waals surface area (Å²) >= 11 is 9.43. The summed E-state index contributed by atoms with van der Waals surface area (Å²) in [5.74, 6) is 0. The van der Waals surface area contributed by atoms with E-state index in [1.54, 1.807) is 19.2 Å². The first-order valence-corrected chi connectivity index (χ1v) is 5.75. The van der Waals surface area contributed by atoms with Crippen molar-refractivity contribution in [3.8, 4) is 0 Å². The Bertz CT molecular complexity index is 456. The Hall–Kier alpha value is -1.93. The summed E-state index contributed by atoms with van der Waals surface area (Å²) in [6.45, 7) is 1.74. The molecule has 0 aliphatic rings. The first-order valence-electron chi connectivity index (χ1n) is 4.93. The van der Waals surface area contributed by atoms with Crippen molar-refractivity contribution in [2.45, 2.75) is 6.92 Å². The zero-order chi connectivity index (χ0) is 13.4. The number of pyridine rings is 1. The van der Waals surface area contributed by atoms with Gasteiger partial charge in [-0.05, 0) is 31.3 Å². The molecule has 1 aromatic rings. The molecule has 18 heavy (non-hydrogen) atoms. The van der Waals surface area contributed by atoms with Gasteiger partial charge in [0.25, 0.3) is 0 Å². The molecule has 0 unspecified atom stereocenters. The minimum absolute atomic E-state index is 0.102. The summed E-state index contributed by atoms with van der Waals surface area (Å²) in [7, 11) is 0. The topological polar surface area (TPSA) is 87.7 Å².